The van der Waals surface area contributed by atoms with Gasteiger partial charge in [-0.1, -0.05) is 63.1 Å². The van der Waals surface area contributed by atoms with Gasteiger partial charge in [0, 0.05) is 0 Å². The van der Waals surface area contributed by atoms with Gasteiger partial charge in [0.2, 0.25) is 0 Å². The highest BCUT2D eigenvalue weighted by Crippen LogP contribution is 2.55. The third-order valence-electron chi connectivity index (χ3n) is 8.28. The van der Waals surface area contributed by atoms with E-state index >= 15 is 0 Å². The molecule has 2 fully saturated rings. The molecule has 0 amide bonds. The Morgan fingerprint density at radius 3 is 2.41 bits per heavy atom. The monoisotopic (exact) mass is 388 g/mol. The van der Waals surface area contributed by atoms with Crippen molar-refractivity contribution >= 4 is 0 Å². The molecule has 0 aliphatic heterocycles. The third kappa shape index (κ3) is 3.98. The molecule has 5 rings (SSSR count). The second-order valence-corrected chi connectivity index (χ2v) is 10.4. The normalized spacial score (nSPS) is 33.7. The van der Waals surface area contributed by atoms with E-state index in [1.165, 1.54) is 50.5 Å². The van der Waals surface area contributed by atoms with Crippen LogP contribution in [-0.2, 0) is 13.0 Å². The molecule has 0 saturated heterocycles. The highest BCUT2D eigenvalue weighted by molar-refractivity contribution is 5.43. The maximum Gasteiger partial charge on any atom is 0.120 e. The van der Waals surface area contributed by atoms with E-state index in [0.717, 1.165) is 41.3 Å². The van der Waals surface area contributed by atoms with Crippen LogP contribution in [0.4, 0.5) is 0 Å². The first kappa shape index (κ1) is 19.2. The molecule has 4 unspecified atom stereocenters. The van der Waals surface area contributed by atoms with Crippen molar-refractivity contribution in [2.75, 3.05) is 0 Å². The molecule has 0 bridgehead atoms. The van der Waals surface area contributed by atoms with Gasteiger partial charge < -0.3 is 4.74 Å². The van der Waals surface area contributed by atoms with E-state index < -0.39 is 0 Å². The first-order valence-electron chi connectivity index (χ1n) is 12.0. The molecule has 3 aliphatic carbocycles. The Kier molecular flexibility index (Phi) is 5.41. The van der Waals surface area contributed by atoms with Crippen molar-refractivity contribution in [3.05, 3.63) is 65.2 Å². The summed E-state index contributed by atoms with van der Waals surface area (Å²) in [6.07, 6.45) is 10.0. The van der Waals surface area contributed by atoms with E-state index in [9.17, 15) is 0 Å². The van der Waals surface area contributed by atoms with Crippen LogP contribution >= 0.6 is 0 Å². The number of hydrogen-bond acceptors (Lipinski definition) is 1. The van der Waals surface area contributed by atoms with Crippen LogP contribution in [-0.4, -0.2) is 0 Å². The molecule has 0 radical (unpaired) electrons. The summed E-state index contributed by atoms with van der Waals surface area (Å²) in [7, 11) is 0. The van der Waals surface area contributed by atoms with Gasteiger partial charge in [-0.3, -0.25) is 0 Å². The van der Waals surface area contributed by atoms with Gasteiger partial charge in [0.25, 0.3) is 0 Å². The van der Waals surface area contributed by atoms with Gasteiger partial charge in [-0.15, -0.1) is 0 Å². The minimum Gasteiger partial charge on any atom is -0.489 e. The van der Waals surface area contributed by atoms with Crippen molar-refractivity contribution in [1.82, 2.24) is 0 Å². The van der Waals surface area contributed by atoms with E-state index in [1.807, 2.05) is 0 Å². The quantitative estimate of drug-likeness (QED) is 0.530. The van der Waals surface area contributed by atoms with Crippen molar-refractivity contribution in [1.29, 1.82) is 0 Å². The molecule has 2 aromatic rings. The van der Waals surface area contributed by atoms with Crippen LogP contribution in [0.15, 0.2) is 48.5 Å². The highest BCUT2D eigenvalue weighted by atomic mass is 16.5. The average Bonchev–Trinajstić information content (AvgIpc) is 3.11. The Morgan fingerprint density at radius 1 is 0.828 bits per heavy atom. The largest absolute Gasteiger partial charge is 0.489 e. The molecule has 2 saturated carbocycles. The van der Waals surface area contributed by atoms with Crippen LogP contribution in [0.5, 0.6) is 5.75 Å². The maximum absolute atomic E-state index is 6.18. The smallest absolute Gasteiger partial charge is 0.120 e. The summed E-state index contributed by atoms with van der Waals surface area (Å²) >= 11 is 0. The maximum atomic E-state index is 6.18. The summed E-state index contributed by atoms with van der Waals surface area (Å²) in [5, 5.41) is 0. The lowest BCUT2D eigenvalue weighted by molar-refractivity contribution is 0.0826. The fraction of sp³-hybridized carbons (Fsp3) is 0.571. The fourth-order valence-electron chi connectivity index (χ4n) is 6.74. The number of hydrogen-bond donors (Lipinski definition) is 0. The van der Waals surface area contributed by atoms with Gasteiger partial charge in [-0.2, -0.15) is 0 Å². The fourth-order valence-corrected chi connectivity index (χ4v) is 6.74. The number of rotatable bonds is 4. The van der Waals surface area contributed by atoms with Crippen molar-refractivity contribution in [3.63, 3.8) is 0 Å². The topological polar surface area (TPSA) is 9.23 Å². The highest BCUT2D eigenvalue weighted by Gasteiger charge is 2.45. The van der Waals surface area contributed by atoms with Crippen molar-refractivity contribution in [3.8, 4) is 5.75 Å². The van der Waals surface area contributed by atoms with Gasteiger partial charge in [-0.25, -0.2) is 0 Å². The second-order valence-electron chi connectivity index (χ2n) is 10.4. The summed E-state index contributed by atoms with van der Waals surface area (Å²) in [5.41, 5.74) is 4.46. The molecule has 0 aromatic heterocycles. The summed E-state index contributed by atoms with van der Waals surface area (Å²) in [5.74, 6) is 6.42. The predicted molar refractivity (Wildman–Crippen MR) is 120 cm³/mol. The van der Waals surface area contributed by atoms with Crippen molar-refractivity contribution in [2.45, 2.75) is 71.3 Å². The zero-order valence-electron chi connectivity index (χ0n) is 18.1. The molecule has 29 heavy (non-hydrogen) atoms. The molecule has 1 heteroatoms. The van der Waals surface area contributed by atoms with Crippen LogP contribution in [0.3, 0.4) is 0 Å². The average molecular weight is 389 g/mol. The van der Waals surface area contributed by atoms with Crippen LogP contribution in [0.1, 0.15) is 75.0 Å². The van der Waals surface area contributed by atoms with Crippen LogP contribution in [0.2, 0.25) is 0 Å². The Morgan fingerprint density at radius 2 is 1.62 bits per heavy atom. The zero-order chi connectivity index (χ0) is 19.8. The SMILES string of the molecule is CC1CCC(C2CC(C)CC3c4cc(OCc5ccccc5)ccc4CC32)CC1. The van der Waals surface area contributed by atoms with E-state index in [1.54, 1.807) is 11.1 Å². The Balaban J connectivity index is 1.33. The van der Waals surface area contributed by atoms with E-state index in [2.05, 4.69) is 62.4 Å². The molecule has 0 N–H and O–H groups in total. The lowest BCUT2D eigenvalue weighted by Crippen LogP contribution is -2.35. The molecule has 3 aliphatic rings. The van der Waals surface area contributed by atoms with Crippen molar-refractivity contribution < 1.29 is 4.74 Å². The first-order valence-corrected chi connectivity index (χ1v) is 12.0. The standard InChI is InChI=1S/C28H36O/c1-19-8-10-22(11-9-19)25-14-20(2)15-27-26-17-24(13-12-23(26)16-28(25)27)29-18-21-6-4-3-5-7-21/h3-7,12-13,17,19-20,22,25,27-28H,8-11,14-16,18H2,1-2H3. The lowest BCUT2D eigenvalue weighted by Gasteiger charge is -2.44. The number of ether oxygens (including phenoxy) is 1. The van der Waals surface area contributed by atoms with Gasteiger partial charge in [0.1, 0.15) is 12.4 Å². The third-order valence-corrected chi connectivity index (χ3v) is 8.28. The van der Waals surface area contributed by atoms with Crippen LogP contribution in [0, 0.1) is 29.6 Å². The summed E-state index contributed by atoms with van der Waals surface area (Å²) in [6, 6.07) is 17.5. The summed E-state index contributed by atoms with van der Waals surface area (Å²) in [6.45, 7) is 5.61. The zero-order valence-corrected chi connectivity index (χ0v) is 18.1. The van der Waals surface area contributed by atoms with E-state index in [-0.39, 0.29) is 0 Å². The van der Waals surface area contributed by atoms with Gasteiger partial charge >= 0.3 is 0 Å². The Hall–Kier alpha value is -1.76. The van der Waals surface area contributed by atoms with E-state index in [4.69, 9.17) is 4.74 Å². The minimum atomic E-state index is 0.660. The lowest BCUT2D eigenvalue weighted by atomic mass is 9.61. The molecule has 2 aromatic carbocycles. The van der Waals surface area contributed by atoms with Crippen molar-refractivity contribution in [2.24, 2.45) is 29.6 Å². The molecule has 0 heterocycles. The minimum absolute atomic E-state index is 0.660. The molecular formula is C28H36O. The Labute approximate surface area is 176 Å². The molecule has 1 nitrogen and oxygen atoms in total. The summed E-state index contributed by atoms with van der Waals surface area (Å²) < 4.78 is 6.18. The van der Waals surface area contributed by atoms with Gasteiger partial charge in [-0.05, 0) is 96.4 Å². The molecular weight excluding hydrogens is 352 g/mol. The number of fused-ring (bicyclic) bond motifs is 3. The molecule has 4 atom stereocenters. The Bertz CT molecular complexity index is 817. The van der Waals surface area contributed by atoms with Crippen LogP contribution < -0.4 is 4.74 Å². The van der Waals surface area contributed by atoms with Crippen LogP contribution in [0.25, 0.3) is 0 Å². The van der Waals surface area contributed by atoms with Gasteiger partial charge in [0.15, 0.2) is 0 Å². The summed E-state index contributed by atoms with van der Waals surface area (Å²) in [4.78, 5) is 0. The predicted octanol–water partition coefficient (Wildman–Crippen LogP) is 7.39. The van der Waals surface area contributed by atoms with Gasteiger partial charge in [0.05, 0.1) is 0 Å². The number of benzene rings is 2. The molecule has 154 valence electrons. The second kappa shape index (κ2) is 8.17. The first-order chi connectivity index (χ1) is 14.2. The van der Waals surface area contributed by atoms with E-state index in [0.29, 0.717) is 6.61 Å². The molecule has 0 spiro atoms.